The van der Waals surface area contributed by atoms with Gasteiger partial charge in [-0.25, -0.2) is 0 Å². The minimum Gasteiger partial charge on any atom is -0.328 e. The van der Waals surface area contributed by atoms with Crippen LogP contribution < -0.4 is 5.73 Å². The zero-order valence-electron chi connectivity index (χ0n) is 8.76. The number of hydrogen-bond acceptors (Lipinski definition) is 2. The van der Waals surface area contributed by atoms with Crippen LogP contribution in [0, 0.1) is 0 Å². The maximum absolute atomic E-state index is 12.2. The Hall–Kier alpha value is -0.670. The molecule has 1 fully saturated rings. The highest BCUT2D eigenvalue weighted by molar-refractivity contribution is 7.85. The summed E-state index contributed by atoms with van der Waals surface area (Å²) >= 11 is 0. The molecule has 1 saturated carbocycles. The topological polar surface area (TPSA) is 43.1 Å². The van der Waals surface area contributed by atoms with Crippen molar-refractivity contribution < 1.29 is 4.21 Å². The molecule has 0 saturated heterocycles. The average molecular weight is 223 g/mol. The fourth-order valence-electron chi connectivity index (χ4n) is 2.05. The van der Waals surface area contributed by atoms with E-state index in [1.807, 2.05) is 30.3 Å². The van der Waals surface area contributed by atoms with Crippen LogP contribution in [-0.2, 0) is 10.8 Å². The Morgan fingerprint density at radius 1 is 1.07 bits per heavy atom. The van der Waals surface area contributed by atoms with Crippen molar-refractivity contribution in [1.82, 2.24) is 0 Å². The van der Waals surface area contributed by atoms with Gasteiger partial charge in [0.1, 0.15) is 0 Å². The second kappa shape index (κ2) is 4.90. The Labute approximate surface area is 93.3 Å². The Morgan fingerprint density at radius 2 is 1.67 bits per heavy atom. The number of rotatable bonds is 2. The van der Waals surface area contributed by atoms with Gasteiger partial charge in [-0.05, 0) is 37.8 Å². The summed E-state index contributed by atoms with van der Waals surface area (Å²) in [7, 11) is -0.840. The second-order valence-corrected chi connectivity index (χ2v) is 5.88. The third-order valence-corrected chi connectivity index (χ3v) is 4.81. The first kappa shape index (κ1) is 10.8. The number of benzene rings is 1. The van der Waals surface area contributed by atoms with Gasteiger partial charge in [0, 0.05) is 16.2 Å². The Kier molecular flexibility index (Phi) is 3.54. The third kappa shape index (κ3) is 2.67. The summed E-state index contributed by atoms with van der Waals surface area (Å²) in [5, 5.41) is 0.312. The highest BCUT2D eigenvalue weighted by Gasteiger charge is 2.24. The molecule has 1 unspecified atom stereocenters. The molecule has 0 radical (unpaired) electrons. The lowest BCUT2D eigenvalue weighted by Crippen LogP contribution is -2.31. The van der Waals surface area contributed by atoms with Crippen LogP contribution in [0.4, 0.5) is 0 Å². The van der Waals surface area contributed by atoms with Gasteiger partial charge >= 0.3 is 0 Å². The predicted molar refractivity (Wildman–Crippen MR) is 63.1 cm³/mol. The SMILES string of the molecule is NC1CCC(S(=O)c2ccccc2)CC1. The average Bonchev–Trinajstić information content (AvgIpc) is 2.30. The van der Waals surface area contributed by atoms with Gasteiger partial charge in [0.05, 0.1) is 10.8 Å². The molecule has 1 atom stereocenters. The van der Waals surface area contributed by atoms with E-state index < -0.39 is 10.8 Å². The standard InChI is InChI=1S/C12H17NOS/c13-10-6-8-12(9-7-10)15(14)11-4-2-1-3-5-11/h1-5,10,12H,6-9,13H2. The van der Waals surface area contributed by atoms with Crippen LogP contribution in [0.15, 0.2) is 35.2 Å². The van der Waals surface area contributed by atoms with Crippen molar-refractivity contribution in [3.05, 3.63) is 30.3 Å². The second-order valence-electron chi connectivity index (χ2n) is 4.15. The molecule has 2 N–H and O–H groups in total. The molecule has 1 aromatic carbocycles. The lowest BCUT2D eigenvalue weighted by molar-refractivity contribution is 0.444. The molecule has 82 valence electrons. The lowest BCUT2D eigenvalue weighted by Gasteiger charge is -2.25. The van der Waals surface area contributed by atoms with Gasteiger partial charge in [-0.3, -0.25) is 4.21 Å². The molecule has 3 heteroatoms. The van der Waals surface area contributed by atoms with Gasteiger partial charge in [-0.15, -0.1) is 0 Å². The molecule has 0 aromatic heterocycles. The summed E-state index contributed by atoms with van der Waals surface area (Å²) in [6, 6.07) is 10.1. The first-order chi connectivity index (χ1) is 7.27. The van der Waals surface area contributed by atoms with E-state index in [4.69, 9.17) is 5.73 Å². The zero-order valence-corrected chi connectivity index (χ0v) is 9.58. The van der Waals surface area contributed by atoms with Crippen molar-refractivity contribution in [3.63, 3.8) is 0 Å². The molecule has 0 heterocycles. The van der Waals surface area contributed by atoms with Crippen LogP contribution in [0.3, 0.4) is 0 Å². The summed E-state index contributed by atoms with van der Waals surface area (Å²) in [5.41, 5.74) is 5.84. The van der Waals surface area contributed by atoms with E-state index in [1.165, 1.54) is 0 Å². The first-order valence-corrected chi connectivity index (χ1v) is 6.70. The molecule has 1 aliphatic rings. The number of hydrogen-bond donors (Lipinski definition) is 1. The van der Waals surface area contributed by atoms with Crippen molar-refractivity contribution in [2.75, 3.05) is 0 Å². The molecular formula is C12H17NOS. The Morgan fingerprint density at radius 3 is 2.27 bits per heavy atom. The number of nitrogens with two attached hydrogens (primary N) is 1. The molecule has 0 spiro atoms. The maximum atomic E-state index is 12.2. The van der Waals surface area contributed by atoms with E-state index in [0.29, 0.717) is 11.3 Å². The van der Waals surface area contributed by atoms with E-state index in [-0.39, 0.29) is 0 Å². The van der Waals surface area contributed by atoms with Crippen LogP contribution in [0.1, 0.15) is 25.7 Å². The highest BCUT2D eigenvalue weighted by atomic mass is 32.2. The third-order valence-electron chi connectivity index (χ3n) is 3.00. The van der Waals surface area contributed by atoms with Gasteiger partial charge in [0.2, 0.25) is 0 Å². The van der Waals surface area contributed by atoms with Crippen molar-refractivity contribution >= 4 is 10.8 Å². The summed E-state index contributed by atoms with van der Waals surface area (Å²) in [5.74, 6) is 0. The molecule has 0 bridgehead atoms. The van der Waals surface area contributed by atoms with Crippen molar-refractivity contribution in [2.45, 2.75) is 41.9 Å². The fourth-order valence-corrected chi connectivity index (χ4v) is 3.56. The van der Waals surface area contributed by atoms with Crippen LogP contribution >= 0.6 is 0 Å². The molecule has 0 amide bonds. The summed E-state index contributed by atoms with van der Waals surface area (Å²) in [6.45, 7) is 0. The Balaban J connectivity index is 2.03. The predicted octanol–water partition coefficient (Wildman–Crippen LogP) is 2.06. The molecule has 1 aromatic rings. The quantitative estimate of drug-likeness (QED) is 0.834. The molecule has 1 aliphatic carbocycles. The van der Waals surface area contributed by atoms with Gasteiger partial charge in [0.25, 0.3) is 0 Å². The fraction of sp³-hybridized carbons (Fsp3) is 0.500. The molecular weight excluding hydrogens is 206 g/mol. The van der Waals surface area contributed by atoms with E-state index in [1.54, 1.807) is 0 Å². The lowest BCUT2D eigenvalue weighted by atomic mass is 9.96. The van der Waals surface area contributed by atoms with Crippen LogP contribution in [0.5, 0.6) is 0 Å². The van der Waals surface area contributed by atoms with Gasteiger partial charge in [-0.2, -0.15) is 0 Å². The van der Waals surface area contributed by atoms with Gasteiger partial charge in [0.15, 0.2) is 0 Å². The Bertz CT molecular complexity index is 331. The summed E-state index contributed by atoms with van der Waals surface area (Å²) < 4.78 is 12.2. The van der Waals surface area contributed by atoms with Crippen molar-refractivity contribution in [3.8, 4) is 0 Å². The van der Waals surface area contributed by atoms with Crippen LogP contribution in [0.25, 0.3) is 0 Å². The highest BCUT2D eigenvalue weighted by Crippen LogP contribution is 2.25. The van der Waals surface area contributed by atoms with Crippen molar-refractivity contribution in [2.24, 2.45) is 5.73 Å². The molecule has 15 heavy (non-hydrogen) atoms. The minimum atomic E-state index is -0.840. The zero-order chi connectivity index (χ0) is 10.7. The van der Waals surface area contributed by atoms with E-state index in [0.717, 1.165) is 30.6 Å². The first-order valence-electron chi connectivity index (χ1n) is 5.48. The summed E-state index contributed by atoms with van der Waals surface area (Å²) in [6.07, 6.45) is 4.04. The summed E-state index contributed by atoms with van der Waals surface area (Å²) in [4.78, 5) is 0.956. The molecule has 2 rings (SSSR count). The van der Waals surface area contributed by atoms with E-state index in [2.05, 4.69) is 0 Å². The molecule has 2 nitrogen and oxygen atoms in total. The normalized spacial score (nSPS) is 28.6. The minimum absolute atomic E-state index is 0.312. The van der Waals surface area contributed by atoms with E-state index >= 15 is 0 Å². The maximum Gasteiger partial charge on any atom is 0.0560 e. The monoisotopic (exact) mass is 223 g/mol. The van der Waals surface area contributed by atoms with Gasteiger partial charge in [-0.1, -0.05) is 18.2 Å². The molecule has 0 aliphatic heterocycles. The van der Waals surface area contributed by atoms with E-state index in [9.17, 15) is 4.21 Å². The smallest absolute Gasteiger partial charge is 0.0560 e. The van der Waals surface area contributed by atoms with Crippen molar-refractivity contribution in [1.29, 1.82) is 0 Å². The van der Waals surface area contributed by atoms with Crippen LogP contribution in [-0.4, -0.2) is 15.5 Å². The largest absolute Gasteiger partial charge is 0.328 e. The van der Waals surface area contributed by atoms with Gasteiger partial charge < -0.3 is 5.73 Å². The van der Waals surface area contributed by atoms with Crippen LogP contribution in [0.2, 0.25) is 0 Å².